The van der Waals surface area contributed by atoms with Crippen molar-refractivity contribution in [2.24, 2.45) is 0 Å². The van der Waals surface area contributed by atoms with Crippen LogP contribution in [-0.4, -0.2) is 39.6 Å². The summed E-state index contributed by atoms with van der Waals surface area (Å²) in [7, 11) is 0. The topological polar surface area (TPSA) is 100 Å². The number of nitrogens with zero attached hydrogens (tertiary/aromatic N) is 2. The largest absolute Gasteiger partial charge is 0.573 e. The summed E-state index contributed by atoms with van der Waals surface area (Å²) >= 11 is 0. The van der Waals surface area contributed by atoms with Crippen LogP contribution in [0.4, 0.5) is 13.2 Å². The monoisotopic (exact) mass is 632 g/mol. The van der Waals surface area contributed by atoms with Crippen molar-refractivity contribution in [3.63, 3.8) is 0 Å². The van der Waals surface area contributed by atoms with Crippen LogP contribution >= 0.6 is 0 Å². The third kappa shape index (κ3) is 6.41. The van der Waals surface area contributed by atoms with Gasteiger partial charge in [0, 0.05) is 40.6 Å². The minimum absolute atomic E-state index is 0.0587. The van der Waals surface area contributed by atoms with Gasteiger partial charge < -0.3 is 24.1 Å². The Labute approximate surface area is 262 Å². The zero-order valence-corrected chi connectivity index (χ0v) is 25.6. The fraction of sp³-hybridized carbons (Fsp3) is 0.286. The molecular weight excluding hydrogens is 601 g/mol. The van der Waals surface area contributed by atoms with E-state index in [1.165, 1.54) is 18.2 Å². The quantitative estimate of drug-likeness (QED) is 0.183. The SMILES string of the molecule is Cc1cc2nc(OCc3cccc(OC(F)(F)F)c3)ccc2c(-c2ccc3c4c(ccnc24)CCO3)c1[C@H](OC(C)(C)C)C(=O)O. The number of halogens is 3. The fourth-order valence-corrected chi connectivity index (χ4v) is 5.79. The molecule has 5 aromatic rings. The molecule has 1 aliphatic rings. The van der Waals surface area contributed by atoms with Crippen LogP contribution in [0.5, 0.6) is 17.4 Å². The van der Waals surface area contributed by atoms with Crippen LogP contribution in [0.25, 0.3) is 32.9 Å². The highest BCUT2D eigenvalue weighted by Gasteiger charge is 2.33. The van der Waals surface area contributed by atoms with E-state index in [4.69, 9.17) is 24.2 Å². The van der Waals surface area contributed by atoms with Gasteiger partial charge >= 0.3 is 12.3 Å². The number of fused-ring (bicyclic) bond motifs is 1. The number of carboxylic acids is 1. The van der Waals surface area contributed by atoms with E-state index < -0.39 is 24.0 Å². The molecule has 238 valence electrons. The van der Waals surface area contributed by atoms with E-state index in [0.29, 0.717) is 56.6 Å². The van der Waals surface area contributed by atoms with Gasteiger partial charge in [-0.05, 0) is 92.4 Å². The summed E-state index contributed by atoms with van der Waals surface area (Å²) in [5.74, 6) is -0.538. The Kier molecular flexibility index (Phi) is 7.97. The second kappa shape index (κ2) is 11.8. The Bertz CT molecular complexity index is 1960. The maximum Gasteiger partial charge on any atom is 0.573 e. The van der Waals surface area contributed by atoms with Crippen molar-refractivity contribution >= 4 is 27.8 Å². The molecule has 3 aromatic carbocycles. The molecule has 0 spiro atoms. The molecule has 0 unspecified atom stereocenters. The number of hydrogen-bond donors (Lipinski definition) is 1. The van der Waals surface area contributed by atoms with E-state index in [-0.39, 0.29) is 18.2 Å². The second-order valence-corrected chi connectivity index (χ2v) is 12.0. The minimum atomic E-state index is -4.81. The normalized spacial score (nSPS) is 13.8. The summed E-state index contributed by atoms with van der Waals surface area (Å²) in [6.07, 6.45) is -3.65. The number of aromatic nitrogens is 2. The number of aryl methyl sites for hydroxylation is 1. The van der Waals surface area contributed by atoms with Crippen LogP contribution < -0.4 is 14.2 Å². The van der Waals surface area contributed by atoms with Gasteiger partial charge in [0.2, 0.25) is 5.88 Å². The molecule has 0 saturated heterocycles. The van der Waals surface area contributed by atoms with E-state index in [1.54, 1.807) is 51.2 Å². The number of carboxylic acid groups (broad SMARTS) is 1. The van der Waals surface area contributed by atoms with Crippen LogP contribution in [0.3, 0.4) is 0 Å². The van der Waals surface area contributed by atoms with Crippen LogP contribution in [-0.2, 0) is 22.6 Å². The van der Waals surface area contributed by atoms with Crippen molar-refractivity contribution in [3.05, 3.63) is 89.1 Å². The molecule has 0 fully saturated rings. The summed E-state index contributed by atoms with van der Waals surface area (Å²) in [6, 6.07) is 16.5. The molecule has 8 nitrogen and oxygen atoms in total. The van der Waals surface area contributed by atoms with E-state index in [1.807, 2.05) is 25.1 Å². The highest BCUT2D eigenvalue weighted by Crippen LogP contribution is 2.45. The minimum Gasteiger partial charge on any atom is -0.493 e. The molecule has 0 bridgehead atoms. The third-order valence-corrected chi connectivity index (χ3v) is 7.53. The summed E-state index contributed by atoms with van der Waals surface area (Å²) in [5.41, 5.74) is 4.40. The fourth-order valence-electron chi connectivity index (χ4n) is 5.79. The Morgan fingerprint density at radius 3 is 2.61 bits per heavy atom. The Morgan fingerprint density at radius 1 is 1.07 bits per heavy atom. The van der Waals surface area contributed by atoms with Crippen molar-refractivity contribution in [3.8, 4) is 28.5 Å². The van der Waals surface area contributed by atoms with Crippen LogP contribution in [0, 0.1) is 6.92 Å². The van der Waals surface area contributed by atoms with Crippen molar-refractivity contribution in [1.29, 1.82) is 0 Å². The lowest BCUT2D eigenvalue weighted by molar-refractivity contribution is -0.274. The standard InChI is InChI=1S/C35H31F3N2O6/c1-19-16-25-23(9-11-27(40-25)44-18-20-6-5-7-22(17-20)45-35(36,37)38)30(28(19)32(33(41)42)46-34(2,3)4)24-8-10-26-29-21(13-15-43-26)12-14-39-31(24)29/h5-12,14,16-17,32H,13,15,18H2,1-4H3,(H,41,42)/t32-/m0/s1. The van der Waals surface area contributed by atoms with Crippen molar-refractivity contribution < 1.29 is 42.0 Å². The first kappa shape index (κ1) is 31.1. The van der Waals surface area contributed by atoms with Crippen molar-refractivity contribution in [1.82, 2.24) is 9.97 Å². The van der Waals surface area contributed by atoms with Crippen molar-refractivity contribution in [2.45, 2.75) is 58.8 Å². The average Bonchev–Trinajstić information content (AvgIpc) is 2.98. The van der Waals surface area contributed by atoms with Gasteiger partial charge in [0.1, 0.15) is 18.1 Å². The highest BCUT2D eigenvalue weighted by atomic mass is 19.4. The maximum atomic E-state index is 12.8. The van der Waals surface area contributed by atoms with Gasteiger partial charge in [-0.3, -0.25) is 4.98 Å². The van der Waals surface area contributed by atoms with Gasteiger partial charge in [0.05, 0.1) is 23.2 Å². The molecule has 1 aliphatic heterocycles. The van der Waals surface area contributed by atoms with Gasteiger partial charge in [-0.25, -0.2) is 9.78 Å². The molecule has 0 saturated carbocycles. The maximum absolute atomic E-state index is 12.8. The summed E-state index contributed by atoms with van der Waals surface area (Å²) < 4.78 is 60.1. The summed E-state index contributed by atoms with van der Waals surface area (Å²) in [5, 5.41) is 12.0. The van der Waals surface area contributed by atoms with Gasteiger partial charge in [-0.1, -0.05) is 12.1 Å². The lowest BCUT2D eigenvalue weighted by Crippen LogP contribution is -2.28. The molecule has 2 aromatic heterocycles. The third-order valence-electron chi connectivity index (χ3n) is 7.53. The first-order valence-corrected chi connectivity index (χ1v) is 14.6. The number of hydrogen-bond acceptors (Lipinski definition) is 7. The molecule has 1 N–H and O–H groups in total. The molecule has 0 amide bonds. The number of ether oxygens (including phenoxy) is 4. The van der Waals surface area contributed by atoms with Crippen LogP contribution in [0.2, 0.25) is 0 Å². The zero-order valence-electron chi connectivity index (χ0n) is 25.6. The van der Waals surface area contributed by atoms with Crippen molar-refractivity contribution in [2.75, 3.05) is 6.61 Å². The lowest BCUT2D eigenvalue weighted by atomic mass is 9.86. The molecule has 6 rings (SSSR count). The number of pyridine rings is 2. The molecule has 0 radical (unpaired) electrons. The molecule has 11 heteroatoms. The Balaban J connectivity index is 1.49. The van der Waals surface area contributed by atoms with E-state index in [0.717, 1.165) is 17.4 Å². The number of benzene rings is 3. The number of carbonyl (C=O) groups is 1. The van der Waals surface area contributed by atoms with Gasteiger partial charge in [-0.2, -0.15) is 0 Å². The molecule has 46 heavy (non-hydrogen) atoms. The van der Waals surface area contributed by atoms with E-state index in [2.05, 4.69) is 4.74 Å². The first-order valence-electron chi connectivity index (χ1n) is 14.6. The number of rotatable bonds is 8. The molecule has 3 heterocycles. The molecule has 0 aliphatic carbocycles. The van der Waals surface area contributed by atoms with E-state index in [9.17, 15) is 23.1 Å². The Hall–Kier alpha value is -4.90. The highest BCUT2D eigenvalue weighted by molar-refractivity contribution is 6.08. The summed E-state index contributed by atoms with van der Waals surface area (Å²) in [4.78, 5) is 22.2. The lowest BCUT2D eigenvalue weighted by Gasteiger charge is -2.29. The number of alkyl halides is 3. The molecular formula is C35H31F3N2O6. The predicted molar refractivity (Wildman–Crippen MR) is 165 cm³/mol. The zero-order chi connectivity index (χ0) is 32.8. The van der Waals surface area contributed by atoms with Gasteiger partial charge in [0.15, 0.2) is 6.10 Å². The number of aliphatic carboxylic acids is 1. The van der Waals surface area contributed by atoms with Gasteiger partial charge in [0.25, 0.3) is 0 Å². The summed E-state index contributed by atoms with van der Waals surface area (Å²) in [6.45, 7) is 7.71. The predicted octanol–water partition coefficient (Wildman–Crippen LogP) is 8.11. The average molecular weight is 633 g/mol. The van der Waals surface area contributed by atoms with Crippen LogP contribution in [0.1, 0.15) is 49.1 Å². The first-order chi connectivity index (χ1) is 21.8. The second-order valence-electron chi connectivity index (χ2n) is 12.0. The van der Waals surface area contributed by atoms with Crippen LogP contribution in [0.15, 0.2) is 66.9 Å². The van der Waals surface area contributed by atoms with E-state index >= 15 is 0 Å². The molecule has 1 atom stereocenters. The smallest absolute Gasteiger partial charge is 0.493 e. The van der Waals surface area contributed by atoms with Gasteiger partial charge in [-0.15, -0.1) is 13.2 Å². The Morgan fingerprint density at radius 2 is 1.87 bits per heavy atom.